The Labute approximate surface area is 133 Å². The summed E-state index contributed by atoms with van der Waals surface area (Å²) in [6.45, 7) is 8.54. The molecule has 1 aliphatic heterocycles. The summed E-state index contributed by atoms with van der Waals surface area (Å²) in [6.07, 6.45) is 0. The van der Waals surface area contributed by atoms with Crippen LogP contribution < -0.4 is 0 Å². The van der Waals surface area contributed by atoms with Gasteiger partial charge in [0.25, 0.3) is 0 Å². The molecule has 0 radical (unpaired) electrons. The van der Waals surface area contributed by atoms with Crippen LogP contribution >= 0.6 is 0 Å². The number of hydrogen-bond acceptors (Lipinski definition) is 2. The summed E-state index contributed by atoms with van der Waals surface area (Å²) in [7, 11) is -0.213. The van der Waals surface area contributed by atoms with Crippen LogP contribution in [0.4, 0.5) is 0 Å². The highest BCUT2D eigenvalue weighted by molar-refractivity contribution is 6.47. The van der Waals surface area contributed by atoms with E-state index in [-0.39, 0.29) is 7.12 Å². The summed E-state index contributed by atoms with van der Waals surface area (Å²) in [4.78, 5) is 0. The molecule has 1 aliphatic rings. The van der Waals surface area contributed by atoms with Gasteiger partial charge in [-0.1, -0.05) is 74.5 Å². The molecular weight excluding hydrogens is 271 g/mol. The van der Waals surface area contributed by atoms with Gasteiger partial charge in [0.15, 0.2) is 0 Å². The van der Waals surface area contributed by atoms with Crippen molar-refractivity contribution in [2.24, 2.45) is 0 Å². The minimum absolute atomic E-state index is 0.213. The minimum Gasteiger partial charge on any atom is -0.398 e. The zero-order valence-electron chi connectivity index (χ0n) is 13.7. The maximum absolute atomic E-state index is 6.44. The van der Waals surface area contributed by atoms with Crippen LogP contribution in [0.15, 0.2) is 60.7 Å². The Morgan fingerprint density at radius 1 is 0.727 bits per heavy atom. The summed E-state index contributed by atoms with van der Waals surface area (Å²) < 4.78 is 12.9. The lowest BCUT2D eigenvalue weighted by atomic mass is 9.75. The molecule has 1 fully saturated rings. The van der Waals surface area contributed by atoms with Gasteiger partial charge in [0.05, 0.1) is 0 Å². The highest BCUT2D eigenvalue weighted by Gasteiger charge is 2.59. The van der Waals surface area contributed by atoms with E-state index < -0.39 is 11.2 Å². The molecule has 1 heterocycles. The van der Waals surface area contributed by atoms with Gasteiger partial charge in [-0.05, 0) is 30.8 Å². The average molecular weight is 294 g/mol. The predicted molar refractivity (Wildman–Crippen MR) is 90.6 cm³/mol. The summed E-state index contributed by atoms with van der Waals surface area (Å²) in [5.74, 6) is 0.300. The van der Waals surface area contributed by atoms with Crippen molar-refractivity contribution in [1.29, 1.82) is 0 Å². The van der Waals surface area contributed by atoms with Crippen molar-refractivity contribution in [3.8, 4) is 0 Å². The van der Waals surface area contributed by atoms with Crippen LogP contribution in [0.5, 0.6) is 0 Å². The highest BCUT2D eigenvalue weighted by atomic mass is 16.7. The lowest BCUT2D eigenvalue weighted by Gasteiger charge is -2.40. The summed E-state index contributed by atoms with van der Waals surface area (Å²) >= 11 is 0. The van der Waals surface area contributed by atoms with Crippen molar-refractivity contribution in [2.75, 3.05) is 0 Å². The summed E-state index contributed by atoms with van der Waals surface area (Å²) in [5.41, 5.74) is 1.24. The number of rotatable bonds is 3. The monoisotopic (exact) mass is 294 g/mol. The fourth-order valence-electron chi connectivity index (χ4n) is 3.19. The second kappa shape index (κ2) is 5.56. The Kier molecular flexibility index (Phi) is 3.88. The fraction of sp³-hybridized carbons (Fsp3) is 0.368. The van der Waals surface area contributed by atoms with Crippen LogP contribution in [0, 0.1) is 0 Å². The van der Waals surface area contributed by atoms with Crippen LogP contribution in [-0.4, -0.2) is 7.12 Å². The molecule has 2 unspecified atom stereocenters. The van der Waals surface area contributed by atoms with Crippen molar-refractivity contribution >= 4 is 7.12 Å². The van der Waals surface area contributed by atoms with Crippen molar-refractivity contribution in [2.45, 2.75) is 44.7 Å². The zero-order valence-corrected chi connectivity index (χ0v) is 13.7. The fourth-order valence-corrected chi connectivity index (χ4v) is 3.19. The van der Waals surface area contributed by atoms with E-state index in [1.807, 2.05) is 12.1 Å². The molecule has 3 rings (SSSR count). The smallest absolute Gasteiger partial charge is 0.398 e. The average Bonchev–Trinajstić information content (AvgIpc) is 2.84. The molecule has 1 saturated heterocycles. The van der Waals surface area contributed by atoms with Gasteiger partial charge >= 0.3 is 7.12 Å². The third kappa shape index (κ3) is 2.29. The molecule has 0 saturated carbocycles. The topological polar surface area (TPSA) is 18.5 Å². The third-order valence-corrected chi connectivity index (χ3v) is 4.81. The van der Waals surface area contributed by atoms with Gasteiger partial charge < -0.3 is 9.31 Å². The quantitative estimate of drug-likeness (QED) is 0.760. The molecular formula is C19H23BO2. The Bertz CT molecular complexity index is 575. The van der Waals surface area contributed by atoms with Gasteiger partial charge in [-0.2, -0.15) is 0 Å². The first-order chi connectivity index (χ1) is 10.5. The van der Waals surface area contributed by atoms with Crippen LogP contribution in [0.1, 0.15) is 38.8 Å². The molecule has 2 atom stereocenters. The molecule has 22 heavy (non-hydrogen) atoms. The molecule has 0 bridgehead atoms. The molecule has 3 heteroatoms. The molecule has 0 spiro atoms. The number of benzene rings is 2. The molecule has 0 amide bonds. The Hall–Kier alpha value is -1.58. The molecule has 114 valence electrons. The minimum atomic E-state index is -0.523. The largest absolute Gasteiger partial charge is 0.461 e. The molecule has 2 aromatic carbocycles. The van der Waals surface area contributed by atoms with E-state index in [0.29, 0.717) is 5.82 Å². The van der Waals surface area contributed by atoms with Gasteiger partial charge in [-0.15, -0.1) is 0 Å². The second-order valence-corrected chi connectivity index (χ2v) is 6.65. The standard InChI is InChI=1S/C19H23BO2/c1-15(2)20-21-18(3,16-11-7-5-8-12-16)19(4,22-20)17-13-9-6-10-14-17/h5-15H,1-4H3. The van der Waals surface area contributed by atoms with Gasteiger partial charge in [-0.25, -0.2) is 0 Å². The molecule has 0 aromatic heterocycles. The molecule has 2 nitrogen and oxygen atoms in total. The van der Waals surface area contributed by atoms with E-state index >= 15 is 0 Å². The Morgan fingerprint density at radius 2 is 1.09 bits per heavy atom. The van der Waals surface area contributed by atoms with Crippen molar-refractivity contribution in [3.05, 3.63) is 71.8 Å². The van der Waals surface area contributed by atoms with E-state index in [2.05, 4.69) is 76.2 Å². The van der Waals surface area contributed by atoms with E-state index in [1.54, 1.807) is 0 Å². The SMILES string of the molecule is CC(C)B1OC(C)(c2ccccc2)C(C)(c2ccccc2)O1. The van der Waals surface area contributed by atoms with Gasteiger partial charge in [0, 0.05) is 0 Å². The van der Waals surface area contributed by atoms with Gasteiger partial charge in [0.2, 0.25) is 0 Å². The first-order valence-electron chi connectivity index (χ1n) is 7.94. The van der Waals surface area contributed by atoms with Crippen LogP contribution in [0.25, 0.3) is 0 Å². The molecule has 0 N–H and O–H groups in total. The maximum atomic E-state index is 6.44. The number of hydrogen-bond donors (Lipinski definition) is 0. The molecule has 2 aromatic rings. The van der Waals surface area contributed by atoms with Crippen molar-refractivity contribution in [1.82, 2.24) is 0 Å². The normalized spacial score (nSPS) is 28.3. The third-order valence-electron chi connectivity index (χ3n) is 4.81. The second-order valence-electron chi connectivity index (χ2n) is 6.65. The lowest BCUT2D eigenvalue weighted by Crippen LogP contribution is -2.42. The van der Waals surface area contributed by atoms with E-state index in [1.165, 1.54) is 0 Å². The highest BCUT2D eigenvalue weighted by Crippen LogP contribution is 2.52. The maximum Gasteiger partial charge on any atom is 0.461 e. The van der Waals surface area contributed by atoms with Gasteiger partial charge in [0.1, 0.15) is 11.2 Å². The first kappa shape index (κ1) is 15.3. The molecule has 0 aliphatic carbocycles. The van der Waals surface area contributed by atoms with Gasteiger partial charge in [-0.3, -0.25) is 0 Å². The Balaban J connectivity index is 2.13. The van der Waals surface area contributed by atoms with E-state index in [0.717, 1.165) is 11.1 Å². The summed E-state index contributed by atoms with van der Waals surface area (Å²) in [5, 5.41) is 0. The van der Waals surface area contributed by atoms with E-state index in [4.69, 9.17) is 9.31 Å². The Morgan fingerprint density at radius 3 is 1.41 bits per heavy atom. The van der Waals surface area contributed by atoms with E-state index in [9.17, 15) is 0 Å². The zero-order chi connectivity index (χ0) is 15.8. The first-order valence-corrected chi connectivity index (χ1v) is 7.94. The lowest BCUT2D eigenvalue weighted by molar-refractivity contribution is -0.0320. The summed E-state index contributed by atoms with van der Waals surface area (Å²) in [6, 6.07) is 20.7. The van der Waals surface area contributed by atoms with Crippen LogP contribution in [0.2, 0.25) is 5.82 Å². The predicted octanol–water partition coefficient (Wildman–Crippen LogP) is 4.76. The van der Waals surface area contributed by atoms with Crippen LogP contribution in [-0.2, 0) is 20.5 Å². The van der Waals surface area contributed by atoms with Crippen molar-refractivity contribution < 1.29 is 9.31 Å². The van der Waals surface area contributed by atoms with Crippen molar-refractivity contribution in [3.63, 3.8) is 0 Å². The van der Waals surface area contributed by atoms with Crippen LogP contribution in [0.3, 0.4) is 0 Å².